The molecular formula is C32H33ClN4O6S2. The molecule has 2 heterocycles. The van der Waals surface area contributed by atoms with Gasteiger partial charge < -0.3 is 20.1 Å². The Morgan fingerprint density at radius 3 is 2.53 bits per heavy atom. The number of nitrogens with one attached hydrogen (secondary N) is 1. The first-order chi connectivity index (χ1) is 21.5. The topological polar surface area (TPSA) is 129 Å². The summed E-state index contributed by atoms with van der Waals surface area (Å²) in [5.41, 5.74) is 1.72. The molecule has 0 unspecified atom stereocenters. The van der Waals surface area contributed by atoms with Crippen LogP contribution >= 0.6 is 22.9 Å². The number of nitrogens with zero attached hydrogens (tertiary/aromatic N) is 3. The zero-order chi connectivity index (χ0) is 32.3. The number of aliphatic hydroxyl groups excluding tert-OH is 1. The van der Waals surface area contributed by atoms with Crippen LogP contribution in [0.1, 0.15) is 34.6 Å². The van der Waals surface area contributed by atoms with E-state index in [1.807, 2.05) is 24.4 Å². The Morgan fingerprint density at radius 1 is 1.18 bits per heavy atom. The van der Waals surface area contributed by atoms with Gasteiger partial charge in [0.15, 0.2) is 5.75 Å². The van der Waals surface area contributed by atoms with Gasteiger partial charge >= 0.3 is 0 Å². The third-order valence-electron chi connectivity index (χ3n) is 7.72. The van der Waals surface area contributed by atoms with Crippen LogP contribution in [0.3, 0.4) is 0 Å². The molecular weight excluding hydrogens is 636 g/mol. The lowest BCUT2D eigenvalue weighted by molar-refractivity contribution is 0.0388. The molecule has 236 valence electrons. The number of anilines is 1. The number of thiazole rings is 1. The van der Waals surface area contributed by atoms with Gasteiger partial charge in [-0.2, -0.15) is 4.31 Å². The zero-order valence-electron chi connectivity index (χ0n) is 24.9. The number of hydrogen-bond donors (Lipinski definition) is 2. The first kappa shape index (κ1) is 32.6. The van der Waals surface area contributed by atoms with E-state index in [1.54, 1.807) is 48.4 Å². The maximum Gasteiger partial charge on any atom is 0.258 e. The fourth-order valence-electron chi connectivity index (χ4n) is 5.02. The van der Waals surface area contributed by atoms with E-state index in [9.17, 15) is 23.1 Å². The van der Waals surface area contributed by atoms with Crippen molar-refractivity contribution in [2.24, 2.45) is 5.92 Å². The highest BCUT2D eigenvalue weighted by Gasteiger charge is 2.36. The number of hydrogen-bond acceptors (Lipinski definition) is 8. The average molecular weight is 669 g/mol. The van der Waals surface area contributed by atoms with Crippen LogP contribution in [0.5, 0.6) is 5.75 Å². The predicted octanol–water partition coefficient (Wildman–Crippen LogP) is 5.26. The number of carbonyl (C=O) groups excluding carboxylic acids is 2. The van der Waals surface area contributed by atoms with E-state index < -0.39 is 28.1 Å². The zero-order valence-corrected chi connectivity index (χ0v) is 27.3. The Balaban J connectivity index is 1.47. The molecule has 3 aromatic carbocycles. The van der Waals surface area contributed by atoms with Gasteiger partial charge in [-0.1, -0.05) is 36.7 Å². The first-order valence-corrected chi connectivity index (χ1v) is 16.9. The second kappa shape index (κ2) is 13.7. The molecule has 5 rings (SSSR count). The summed E-state index contributed by atoms with van der Waals surface area (Å²) in [6.45, 7) is 3.48. The number of halogens is 1. The molecule has 10 nitrogen and oxygen atoms in total. The van der Waals surface area contributed by atoms with Crippen molar-refractivity contribution in [3.8, 4) is 16.3 Å². The number of carbonyl (C=O) groups is 2. The summed E-state index contributed by atoms with van der Waals surface area (Å²) >= 11 is 7.46. The molecule has 2 N–H and O–H groups in total. The second-order valence-corrected chi connectivity index (χ2v) is 14.3. The fourth-order valence-corrected chi connectivity index (χ4v) is 6.98. The standard InChI is InChI=1S/C32H33ClN4O6S2/c1-20-17-37(21(2)19-38)32(40)26-5-4-6-27(35-30(39)22-7-9-23(10-8-22)31-34-15-16-44-31)29(26)43-28(20)18-36(3)45(41,42)25-13-11-24(33)12-14-25/h4-16,20-21,28,38H,17-19H2,1-3H3,(H,35,39)/t20-,21+,28+/m0/s1. The number of aromatic nitrogens is 1. The number of ether oxygens (including phenoxy) is 1. The van der Waals surface area contributed by atoms with Crippen molar-refractivity contribution in [1.29, 1.82) is 0 Å². The van der Waals surface area contributed by atoms with Crippen LogP contribution in [0, 0.1) is 5.92 Å². The molecule has 1 aromatic heterocycles. The van der Waals surface area contributed by atoms with E-state index >= 15 is 0 Å². The minimum Gasteiger partial charge on any atom is -0.486 e. The molecule has 13 heteroatoms. The number of sulfonamides is 1. The molecule has 4 aromatic rings. The normalized spacial score (nSPS) is 17.6. The first-order valence-electron chi connectivity index (χ1n) is 14.2. The Labute approximate surface area is 271 Å². The highest BCUT2D eigenvalue weighted by atomic mass is 35.5. The number of rotatable bonds is 9. The summed E-state index contributed by atoms with van der Waals surface area (Å²) in [6.07, 6.45) is 0.986. The summed E-state index contributed by atoms with van der Waals surface area (Å²) in [6, 6.07) is 17.2. The fraction of sp³-hybridized carbons (Fsp3) is 0.281. The summed E-state index contributed by atoms with van der Waals surface area (Å²) in [4.78, 5) is 33.1. The van der Waals surface area contributed by atoms with Crippen LogP contribution in [0.2, 0.25) is 5.02 Å². The Hall–Kier alpha value is -3.81. The van der Waals surface area contributed by atoms with Crippen LogP contribution in [0.15, 0.2) is 83.2 Å². The van der Waals surface area contributed by atoms with Gasteiger partial charge in [0.25, 0.3) is 11.8 Å². The molecule has 0 radical (unpaired) electrons. The van der Waals surface area contributed by atoms with Gasteiger partial charge in [0, 0.05) is 47.2 Å². The lowest BCUT2D eigenvalue weighted by Crippen LogP contribution is -2.50. The molecule has 45 heavy (non-hydrogen) atoms. The van der Waals surface area contributed by atoms with Crippen molar-refractivity contribution in [3.63, 3.8) is 0 Å². The molecule has 1 aliphatic rings. The predicted molar refractivity (Wildman–Crippen MR) is 174 cm³/mol. The molecule has 0 saturated heterocycles. The summed E-state index contributed by atoms with van der Waals surface area (Å²) in [5, 5.41) is 16.0. The van der Waals surface area contributed by atoms with E-state index in [0.29, 0.717) is 10.6 Å². The largest absolute Gasteiger partial charge is 0.486 e. The number of para-hydroxylation sites is 1. The SMILES string of the molecule is C[C@H](CO)N1C[C@H](C)[C@@H](CN(C)S(=O)(=O)c2ccc(Cl)cc2)Oc2c(NC(=O)c3ccc(-c4nccs4)cc3)cccc2C1=O. The number of benzene rings is 3. The highest BCUT2D eigenvalue weighted by molar-refractivity contribution is 7.89. The van der Waals surface area contributed by atoms with Crippen LogP contribution in [-0.4, -0.2) is 78.4 Å². The van der Waals surface area contributed by atoms with Crippen LogP contribution in [0.4, 0.5) is 5.69 Å². The van der Waals surface area contributed by atoms with Crippen LogP contribution < -0.4 is 10.1 Å². The van der Waals surface area contributed by atoms with Gasteiger partial charge in [-0.3, -0.25) is 9.59 Å². The summed E-state index contributed by atoms with van der Waals surface area (Å²) in [5.74, 6) is -1.02. The molecule has 0 bridgehead atoms. The molecule has 0 fully saturated rings. The van der Waals surface area contributed by atoms with Crippen LogP contribution in [0.25, 0.3) is 10.6 Å². The maximum atomic E-state index is 13.8. The van der Waals surface area contributed by atoms with Gasteiger partial charge in [-0.25, -0.2) is 13.4 Å². The average Bonchev–Trinajstić information content (AvgIpc) is 3.58. The van der Waals surface area contributed by atoms with Gasteiger partial charge in [0.1, 0.15) is 11.1 Å². The van der Waals surface area contributed by atoms with Crippen molar-refractivity contribution < 1.29 is 27.9 Å². The smallest absolute Gasteiger partial charge is 0.258 e. The maximum absolute atomic E-state index is 13.8. The lowest BCUT2D eigenvalue weighted by atomic mass is 9.99. The third kappa shape index (κ3) is 7.05. The number of likely N-dealkylation sites (N-methyl/N-ethyl adjacent to an activating group) is 1. The monoisotopic (exact) mass is 668 g/mol. The Bertz CT molecular complexity index is 1770. The molecule has 3 atom stereocenters. The minimum absolute atomic E-state index is 0.0540. The summed E-state index contributed by atoms with van der Waals surface area (Å²) < 4.78 is 34.5. The van der Waals surface area contributed by atoms with Crippen molar-refractivity contribution in [3.05, 3.63) is 94.5 Å². The number of fused-ring (bicyclic) bond motifs is 1. The minimum atomic E-state index is -3.91. The van der Waals surface area contributed by atoms with E-state index in [1.165, 1.54) is 47.0 Å². The molecule has 0 saturated carbocycles. The van der Waals surface area contributed by atoms with Crippen molar-refractivity contribution in [2.75, 3.05) is 32.1 Å². The lowest BCUT2D eigenvalue weighted by Gasteiger charge is -2.38. The Morgan fingerprint density at radius 2 is 1.89 bits per heavy atom. The van der Waals surface area contributed by atoms with E-state index in [0.717, 1.165) is 10.6 Å². The number of amides is 2. The summed E-state index contributed by atoms with van der Waals surface area (Å²) in [7, 11) is -2.45. The van der Waals surface area contributed by atoms with Gasteiger partial charge in [0.05, 0.1) is 35.3 Å². The molecule has 0 spiro atoms. The van der Waals surface area contributed by atoms with Gasteiger partial charge in [-0.15, -0.1) is 11.3 Å². The van der Waals surface area contributed by atoms with Crippen LogP contribution in [-0.2, 0) is 10.0 Å². The molecule has 1 aliphatic heterocycles. The van der Waals surface area contributed by atoms with E-state index in [2.05, 4.69) is 10.3 Å². The molecule has 0 aliphatic carbocycles. The van der Waals surface area contributed by atoms with E-state index in [4.69, 9.17) is 16.3 Å². The van der Waals surface area contributed by atoms with Crippen molar-refractivity contribution in [1.82, 2.24) is 14.2 Å². The Kier molecular flexibility index (Phi) is 9.90. The third-order valence-corrected chi connectivity index (χ3v) is 10.6. The van der Waals surface area contributed by atoms with Crippen molar-refractivity contribution >= 4 is 50.5 Å². The quantitative estimate of drug-likeness (QED) is 0.249. The number of aliphatic hydroxyl groups is 1. The van der Waals surface area contributed by atoms with E-state index in [-0.39, 0.29) is 53.4 Å². The highest BCUT2D eigenvalue weighted by Crippen LogP contribution is 2.36. The molecule has 2 amide bonds. The second-order valence-electron chi connectivity index (χ2n) is 10.9. The van der Waals surface area contributed by atoms with Crippen molar-refractivity contribution in [2.45, 2.75) is 30.9 Å². The van der Waals surface area contributed by atoms with Gasteiger partial charge in [0.2, 0.25) is 10.0 Å². The van der Waals surface area contributed by atoms with Gasteiger partial charge in [-0.05, 0) is 55.5 Å².